The van der Waals surface area contributed by atoms with Crippen molar-refractivity contribution in [2.24, 2.45) is 0 Å². The average molecular weight is 297 g/mol. The number of aliphatic hydroxyl groups excluding tert-OH is 1. The molecular formula is C15H18ClFN2O. The maximum absolute atomic E-state index is 13.4. The van der Waals surface area contributed by atoms with Crippen LogP contribution >= 0.6 is 11.6 Å². The van der Waals surface area contributed by atoms with Crippen molar-refractivity contribution < 1.29 is 9.50 Å². The van der Waals surface area contributed by atoms with Crippen LogP contribution in [0.2, 0.25) is 5.02 Å². The van der Waals surface area contributed by atoms with Crippen LogP contribution < -0.4 is 0 Å². The Labute approximate surface area is 123 Å². The van der Waals surface area contributed by atoms with E-state index in [-0.39, 0.29) is 5.02 Å². The molecule has 1 N–H and O–H groups in total. The smallest absolute Gasteiger partial charge is 0.142 e. The Morgan fingerprint density at radius 3 is 2.70 bits per heavy atom. The molecule has 0 saturated heterocycles. The van der Waals surface area contributed by atoms with Gasteiger partial charge in [-0.3, -0.25) is 4.68 Å². The zero-order valence-corrected chi connectivity index (χ0v) is 12.4. The van der Waals surface area contributed by atoms with Crippen molar-refractivity contribution >= 4 is 11.6 Å². The molecule has 20 heavy (non-hydrogen) atoms. The molecule has 0 aliphatic heterocycles. The Morgan fingerprint density at radius 1 is 1.35 bits per heavy atom. The molecule has 0 amide bonds. The Morgan fingerprint density at radius 2 is 2.10 bits per heavy atom. The van der Waals surface area contributed by atoms with Crippen molar-refractivity contribution in [3.63, 3.8) is 0 Å². The number of benzene rings is 1. The fourth-order valence-corrected chi connectivity index (χ4v) is 2.29. The van der Waals surface area contributed by atoms with E-state index in [1.165, 1.54) is 12.1 Å². The first kappa shape index (κ1) is 15.0. The largest absolute Gasteiger partial charge is 0.386 e. The number of hydrogen-bond donors (Lipinski definition) is 1. The van der Waals surface area contributed by atoms with E-state index >= 15 is 0 Å². The fraction of sp³-hybridized carbons (Fsp3) is 0.400. The first-order valence-corrected chi connectivity index (χ1v) is 7.11. The van der Waals surface area contributed by atoms with Crippen molar-refractivity contribution in [3.05, 3.63) is 52.1 Å². The van der Waals surface area contributed by atoms with Gasteiger partial charge in [0, 0.05) is 13.0 Å². The van der Waals surface area contributed by atoms with Crippen LogP contribution in [0, 0.1) is 5.82 Å². The van der Waals surface area contributed by atoms with E-state index < -0.39 is 11.9 Å². The minimum Gasteiger partial charge on any atom is -0.386 e. The monoisotopic (exact) mass is 296 g/mol. The van der Waals surface area contributed by atoms with Crippen LogP contribution in [-0.2, 0) is 19.4 Å². The SMILES string of the molecule is CCc1cc(C(O)Cc2ccc(Cl)c(F)c2)n(CC)n1. The minimum atomic E-state index is -0.705. The average Bonchev–Trinajstić information content (AvgIpc) is 2.86. The Balaban J connectivity index is 2.20. The highest BCUT2D eigenvalue weighted by Gasteiger charge is 2.16. The second kappa shape index (κ2) is 6.37. The number of rotatable bonds is 5. The first-order valence-electron chi connectivity index (χ1n) is 6.73. The zero-order chi connectivity index (χ0) is 14.7. The molecule has 2 aromatic rings. The Bertz CT molecular complexity index is 598. The second-order valence-electron chi connectivity index (χ2n) is 4.70. The quantitative estimate of drug-likeness (QED) is 0.916. The zero-order valence-electron chi connectivity index (χ0n) is 11.6. The number of nitrogens with zero attached hydrogens (tertiary/aromatic N) is 2. The second-order valence-corrected chi connectivity index (χ2v) is 5.11. The van der Waals surface area contributed by atoms with Crippen molar-refractivity contribution in [3.8, 4) is 0 Å². The van der Waals surface area contributed by atoms with Gasteiger partial charge in [-0.25, -0.2) is 4.39 Å². The van der Waals surface area contributed by atoms with Crippen molar-refractivity contribution in [1.82, 2.24) is 9.78 Å². The van der Waals surface area contributed by atoms with Gasteiger partial charge in [-0.1, -0.05) is 24.6 Å². The molecule has 0 aliphatic carbocycles. The van der Waals surface area contributed by atoms with Gasteiger partial charge in [0.2, 0.25) is 0 Å². The van der Waals surface area contributed by atoms with Crippen LogP contribution in [0.4, 0.5) is 4.39 Å². The Kier molecular flexibility index (Phi) is 4.78. The van der Waals surface area contributed by atoms with Gasteiger partial charge in [0.25, 0.3) is 0 Å². The number of halogens is 2. The van der Waals surface area contributed by atoms with Crippen LogP contribution in [0.15, 0.2) is 24.3 Å². The third-order valence-corrected chi connectivity index (χ3v) is 3.58. The molecule has 1 atom stereocenters. The molecule has 1 unspecified atom stereocenters. The lowest BCUT2D eigenvalue weighted by Crippen LogP contribution is -2.10. The normalized spacial score (nSPS) is 12.7. The van der Waals surface area contributed by atoms with Crippen LogP contribution in [0.1, 0.15) is 36.9 Å². The summed E-state index contributed by atoms with van der Waals surface area (Å²) >= 11 is 5.65. The van der Waals surface area contributed by atoms with E-state index in [4.69, 9.17) is 11.6 Å². The van der Waals surface area contributed by atoms with Gasteiger partial charge in [-0.15, -0.1) is 0 Å². The molecule has 0 spiro atoms. The third kappa shape index (κ3) is 3.19. The molecule has 1 aromatic carbocycles. The summed E-state index contributed by atoms with van der Waals surface area (Å²) in [7, 11) is 0. The van der Waals surface area contributed by atoms with E-state index in [2.05, 4.69) is 5.10 Å². The molecule has 1 aromatic heterocycles. The van der Waals surface area contributed by atoms with Crippen LogP contribution in [0.25, 0.3) is 0 Å². The summed E-state index contributed by atoms with van der Waals surface area (Å²) in [5.74, 6) is -0.463. The summed E-state index contributed by atoms with van der Waals surface area (Å²) in [5, 5.41) is 14.8. The first-order chi connectivity index (χ1) is 9.55. The van der Waals surface area contributed by atoms with E-state index in [0.717, 1.165) is 17.8 Å². The Hall–Kier alpha value is -1.39. The lowest BCUT2D eigenvalue weighted by molar-refractivity contribution is 0.167. The van der Waals surface area contributed by atoms with Crippen molar-refractivity contribution in [2.45, 2.75) is 39.3 Å². The number of hydrogen-bond acceptors (Lipinski definition) is 2. The molecule has 2 rings (SSSR count). The lowest BCUT2D eigenvalue weighted by Gasteiger charge is -2.12. The van der Waals surface area contributed by atoms with Gasteiger partial charge in [0.15, 0.2) is 0 Å². The highest BCUT2D eigenvalue weighted by Crippen LogP contribution is 2.22. The summed E-state index contributed by atoms with van der Waals surface area (Å²) in [4.78, 5) is 0. The lowest BCUT2D eigenvalue weighted by atomic mass is 10.0. The minimum absolute atomic E-state index is 0.0927. The summed E-state index contributed by atoms with van der Waals surface area (Å²) in [6.45, 7) is 4.69. The topological polar surface area (TPSA) is 38.0 Å². The van der Waals surface area contributed by atoms with Gasteiger partial charge in [-0.2, -0.15) is 5.10 Å². The highest BCUT2D eigenvalue weighted by atomic mass is 35.5. The molecule has 5 heteroatoms. The molecule has 1 heterocycles. The van der Waals surface area contributed by atoms with E-state index in [1.807, 2.05) is 19.9 Å². The van der Waals surface area contributed by atoms with Gasteiger partial charge >= 0.3 is 0 Å². The standard InChI is InChI=1S/C15H18ClFN2O/c1-3-11-9-14(19(4-2)18-11)15(20)8-10-5-6-12(16)13(17)7-10/h5-7,9,15,20H,3-4,8H2,1-2H3. The van der Waals surface area contributed by atoms with Crippen LogP contribution in [-0.4, -0.2) is 14.9 Å². The van der Waals surface area contributed by atoms with Crippen LogP contribution in [0.5, 0.6) is 0 Å². The molecule has 0 aliphatic rings. The van der Waals surface area contributed by atoms with E-state index in [9.17, 15) is 9.50 Å². The molecule has 0 bridgehead atoms. The summed E-state index contributed by atoms with van der Waals surface area (Å²) < 4.78 is 15.2. The van der Waals surface area contributed by atoms with Gasteiger partial charge in [0.05, 0.1) is 22.5 Å². The van der Waals surface area contributed by atoms with Gasteiger partial charge in [-0.05, 0) is 37.1 Å². The molecule has 0 radical (unpaired) electrons. The number of aromatic nitrogens is 2. The predicted molar refractivity (Wildman–Crippen MR) is 77.4 cm³/mol. The van der Waals surface area contributed by atoms with Gasteiger partial charge < -0.3 is 5.11 Å². The third-order valence-electron chi connectivity index (χ3n) is 3.28. The molecule has 0 saturated carbocycles. The molecule has 0 fully saturated rings. The fourth-order valence-electron chi connectivity index (χ4n) is 2.18. The highest BCUT2D eigenvalue weighted by molar-refractivity contribution is 6.30. The summed E-state index contributed by atoms with van der Waals surface area (Å²) in [6.07, 6.45) is 0.453. The van der Waals surface area contributed by atoms with E-state index in [0.29, 0.717) is 18.5 Å². The maximum atomic E-state index is 13.4. The molecular weight excluding hydrogens is 279 g/mol. The van der Waals surface area contributed by atoms with Gasteiger partial charge in [0.1, 0.15) is 5.82 Å². The predicted octanol–water partition coefficient (Wildman–Crippen LogP) is 3.53. The maximum Gasteiger partial charge on any atom is 0.142 e. The number of aryl methyl sites for hydroxylation is 2. The summed E-state index contributed by atoms with van der Waals surface area (Å²) in [6, 6.07) is 6.49. The summed E-state index contributed by atoms with van der Waals surface area (Å²) in [5.41, 5.74) is 2.42. The van der Waals surface area contributed by atoms with Crippen molar-refractivity contribution in [2.75, 3.05) is 0 Å². The van der Waals surface area contributed by atoms with Crippen molar-refractivity contribution in [1.29, 1.82) is 0 Å². The van der Waals surface area contributed by atoms with E-state index in [1.54, 1.807) is 10.7 Å². The number of aliphatic hydroxyl groups is 1. The molecule has 108 valence electrons. The molecule has 3 nitrogen and oxygen atoms in total. The van der Waals surface area contributed by atoms with Crippen LogP contribution in [0.3, 0.4) is 0 Å².